The molecule has 0 saturated heterocycles. The lowest BCUT2D eigenvalue weighted by molar-refractivity contribution is 0.177. The monoisotopic (exact) mass is 168 g/mol. The highest BCUT2D eigenvalue weighted by Crippen LogP contribution is 2.15. The van der Waals surface area contributed by atoms with Crippen LogP contribution in [0.1, 0.15) is 13.8 Å². The highest BCUT2D eigenvalue weighted by Gasteiger charge is 2.23. The summed E-state index contributed by atoms with van der Waals surface area (Å²) in [4.78, 5) is 0. The van der Waals surface area contributed by atoms with Gasteiger partial charge in [-0.2, -0.15) is 8.42 Å². The van der Waals surface area contributed by atoms with Crippen molar-refractivity contribution in [2.75, 3.05) is 12.4 Å². The van der Waals surface area contributed by atoms with Gasteiger partial charge in [0, 0.05) is 12.0 Å². The molecule has 0 heterocycles. The Balaban J connectivity index is 4.16. The SMILES string of the molecule is CC(C)(CO)CS(=O)(=O)O. The molecule has 0 fully saturated rings. The van der Waals surface area contributed by atoms with Crippen LogP contribution in [0.5, 0.6) is 0 Å². The topological polar surface area (TPSA) is 74.6 Å². The summed E-state index contributed by atoms with van der Waals surface area (Å²) in [6.07, 6.45) is 0. The molecule has 4 nitrogen and oxygen atoms in total. The van der Waals surface area contributed by atoms with Gasteiger partial charge < -0.3 is 5.11 Å². The van der Waals surface area contributed by atoms with Crippen LogP contribution < -0.4 is 0 Å². The van der Waals surface area contributed by atoms with Gasteiger partial charge in [-0.25, -0.2) is 0 Å². The van der Waals surface area contributed by atoms with Gasteiger partial charge in [-0.05, 0) is 0 Å². The number of hydrogen-bond acceptors (Lipinski definition) is 3. The normalized spacial score (nSPS) is 13.6. The summed E-state index contributed by atoms with van der Waals surface area (Å²) in [5, 5.41) is 8.58. The standard InChI is InChI=1S/C5H12O4S/c1-5(2,3-6)4-10(7,8)9/h6H,3-4H2,1-2H3,(H,7,8,9). The van der Waals surface area contributed by atoms with E-state index in [1.54, 1.807) is 13.8 Å². The predicted molar refractivity (Wildman–Crippen MR) is 37.3 cm³/mol. The average molecular weight is 168 g/mol. The molecule has 0 aromatic rings. The van der Waals surface area contributed by atoms with E-state index in [0.717, 1.165) is 0 Å². The fourth-order valence-corrected chi connectivity index (χ4v) is 1.62. The van der Waals surface area contributed by atoms with Crippen LogP contribution in [-0.2, 0) is 10.1 Å². The minimum absolute atomic E-state index is 0.257. The van der Waals surface area contributed by atoms with E-state index in [-0.39, 0.29) is 6.61 Å². The van der Waals surface area contributed by atoms with Crippen LogP contribution in [0.4, 0.5) is 0 Å². The Labute approximate surface area is 60.6 Å². The van der Waals surface area contributed by atoms with E-state index in [2.05, 4.69) is 0 Å². The molecule has 0 spiro atoms. The van der Waals surface area contributed by atoms with Crippen molar-refractivity contribution < 1.29 is 18.1 Å². The summed E-state index contributed by atoms with van der Waals surface area (Å²) in [5.74, 6) is -0.406. The molecule has 0 atom stereocenters. The third-order valence-electron chi connectivity index (χ3n) is 1.00. The first-order chi connectivity index (χ1) is 4.27. The average Bonchev–Trinajstić information content (AvgIpc) is 1.60. The van der Waals surface area contributed by atoms with Crippen molar-refractivity contribution in [1.29, 1.82) is 0 Å². The predicted octanol–water partition coefficient (Wildman–Crippen LogP) is -0.107. The zero-order valence-corrected chi connectivity index (χ0v) is 6.85. The maximum absolute atomic E-state index is 10.3. The fourth-order valence-electron chi connectivity index (χ4n) is 0.539. The third kappa shape index (κ3) is 4.72. The Hall–Kier alpha value is -0.130. The van der Waals surface area contributed by atoms with E-state index < -0.39 is 21.3 Å². The molecule has 0 aromatic carbocycles. The number of aliphatic hydroxyl groups excluding tert-OH is 1. The van der Waals surface area contributed by atoms with E-state index >= 15 is 0 Å². The van der Waals surface area contributed by atoms with Crippen LogP contribution in [0.2, 0.25) is 0 Å². The Morgan fingerprint density at radius 3 is 1.90 bits per heavy atom. The molecule has 62 valence electrons. The van der Waals surface area contributed by atoms with Gasteiger partial charge in [-0.15, -0.1) is 0 Å². The van der Waals surface area contributed by atoms with Crippen molar-refractivity contribution in [2.45, 2.75) is 13.8 Å². The van der Waals surface area contributed by atoms with E-state index in [9.17, 15) is 8.42 Å². The lowest BCUT2D eigenvalue weighted by Crippen LogP contribution is -2.27. The van der Waals surface area contributed by atoms with Crippen LogP contribution >= 0.6 is 0 Å². The summed E-state index contributed by atoms with van der Waals surface area (Å²) >= 11 is 0. The molecule has 0 saturated carbocycles. The first kappa shape index (κ1) is 9.87. The smallest absolute Gasteiger partial charge is 0.265 e. The number of rotatable bonds is 3. The Morgan fingerprint density at radius 2 is 1.80 bits per heavy atom. The Bertz CT molecular complexity index is 192. The number of hydrogen-bond donors (Lipinski definition) is 2. The lowest BCUT2D eigenvalue weighted by atomic mass is 9.98. The van der Waals surface area contributed by atoms with E-state index in [1.807, 2.05) is 0 Å². The second kappa shape index (κ2) is 2.86. The van der Waals surface area contributed by atoms with Gasteiger partial charge in [0.1, 0.15) is 0 Å². The zero-order chi connectivity index (χ0) is 8.41. The number of aliphatic hydroxyl groups is 1. The largest absolute Gasteiger partial charge is 0.396 e. The van der Waals surface area contributed by atoms with Crippen molar-refractivity contribution in [1.82, 2.24) is 0 Å². The second-order valence-corrected chi connectivity index (χ2v) is 4.50. The van der Waals surface area contributed by atoms with Crippen LogP contribution in [0, 0.1) is 5.41 Å². The molecule has 0 bridgehead atoms. The van der Waals surface area contributed by atoms with Gasteiger partial charge in [-0.3, -0.25) is 4.55 Å². The van der Waals surface area contributed by atoms with Crippen LogP contribution in [0.3, 0.4) is 0 Å². The fraction of sp³-hybridized carbons (Fsp3) is 1.00. The third-order valence-corrected chi connectivity index (χ3v) is 2.15. The van der Waals surface area contributed by atoms with Crippen LogP contribution in [0.25, 0.3) is 0 Å². The Kier molecular flexibility index (Phi) is 2.82. The minimum atomic E-state index is -3.95. The summed E-state index contributed by atoms with van der Waals surface area (Å²) in [7, 11) is -3.95. The molecular weight excluding hydrogens is 156 g/mol. The molecule has 0 aromatic heterocycles. The van der Waals surface area contributed by atoms with Crippen molar-refractivity contribution in [3.63, 3.8) is 0 Å². The summed E-state index contributed by atoms with van der Waals surface area (Å²) in [5.41, 5.74) is -0.756. The summed E-state index contributed by atoms with van der Waals surface area (Å²) < 4.78 is 28.8. The highest BCUT2D eigenvalue weighted by molar-refractivity contribution is 7.85. The molecule has 0 aliphatic carbocycles. The van der Waals surface area contributed by atoms with Gasteiger partial charge in [0.2, 0.25) is 0 Å². The molecule has 0 radical (unpaired) electrons. The molecule has 0 amide bonds. The van der Waals surface area contributed by atoms with Gasteiger partial charge >= 0.3 is 0 Å². The molecule has 0 aliphatic heterocycles. The lowest BCUT2D eigenvalue weighted by Gasteiger charge is -2.18. The molecule has 10 heavy (non-hydrogen) atoms. The van der Waals surface area contributed by atoms with E-state index in [0.29, 0.717) is 0 Å². The van der Waals surface area contributed by atoms with Crippen molar-refractivity contribution in [2.24, 2.45) is 5.41 Å². The van der Waals surface area contributed by atoms with E-state index in [1.165, 1.54) is 0 Å². The minimum Gasteiger partial charge on any atom is -0.396 e. The highest BCUT2D eigenvalue weighted by atomic mass is 32.2. The molecule has 0 unspecified atom stereocenters. The van der Waals surface area contributed by atoms with Crippen molar-refractivity contribution >= 4 is 10.1 Å². The first-order valence-corrected chi connectivity index (χ1v) is 4.44. The molecular formula is C5H12O4S. The van der Waals surface area contributed by atoms with Crippen molar-refractivity contribution in [3.8, 4) is 0 Å². The molecule has 5 heteroatoms. The van der Waals surface area contributed by atoms with Crippen molar-refractivity contribution in [3.05, 3.63) is 0 Å². The van der Waals surface area contributed by atoms with Crippen LogP contribution in [-0.4, -0.2) is 30.4 Å². The summed E-state index contributed by atoms with van der Waals surface area (Å²) in [6, 6.07) is 0. The van der Waals surface area contributed by atoms with Gasteiger partial charge in [0.05, 0.1) is 5.75 Å². The van der Waals surface area contributed by atoms with Gasteiger partial charge in [0.25, 0.3) is 10.1 Å². The van der Waals surface area contributed by atoms with E-state index in [4.69, 9.17) is 9.66 Å². The maximum Gasteiger partial charge on any atom is 0.265 e. The Morgan fingerprint density at radius 1 is 1.40 bits per heavy atom. The maximum atomic E-state index is 10.3. The zero-order valence-electron chi connectivity index (χ0n) is 6.03. The van der Waals surface area contributed by atoms with Gasteiger partial charge in [-0.1, -0.05) is 13.8 Å². The van der Waals surface area contributed by atoms with Crippen LogP contribution in [0.15, 0.2) is 0 Å². The molecule has 0 aliphatic rings. The molecule has 0 rings (SSSR count). The summed E-state index contributed by atoms with van der Waals surface area (Å²) in [6.45, 7) is 2.86. The quantitative estimate of drug-likeness (QED) is 0.577. The molecule has 2 N–H and O–H groups in total. The second-order valence-electron chi connectivity index (χ2n) is 3.05. The first-order valence-electron chi connectivity index (χ1n) is 2.83. The van der Waals surface area contributed by atoms with Gasteiger partial charge in [0.15, 0.2) is 0 Å².